The standard InChI is InChI=1S/C10H10O7S.Na/c1-14-9(11)6-3-7(10(12)15-2)5-8(4-6)18-17-16-13;/h3-5,13H,1-2H3;/q;+1/p-1. The molecule has 0 aliphatic heterocycles. The van der Waals surface area contributed by atoms with Gasteiger partial charge in [-0.15, -0.1) is 0 Å². The third kappa shape index (κ3) is 5.49. The second-order valence-electron chi connectivity index (χ2n) is 2.95. The van der Waals surface area contributed by atoms with Crippen LogP contribution in [0.4, 0.5) is 0 Å². The van der Waals surface area contributed by atoms with Crippen molar-refractivity contribution < 1.29 is 63.2 Å². The Morgan fingerprint density at radius 1 is 1.05 bits per heavy atom. The average Bonchev–Trinajstić information content (AvgIpc) is 2.42. The first-order chi connectivity index (χ1) is 8.62. The van der Waals surface area contributed by atoms with Crippen LogP contribution in [0, 0.1) is 0 Å². The van der Waals surface area contributed by atoms with Crippen molar-refractivity contribution in [3.63, 3.8) is 0 Å². The molecular weight excluding hydrogens is 287 g/mol. The second kappa shape index (κ2) is 9.32. The molecule has 9 heteroatoms. The van der Waals surface area contributed by atoms with Crippen LogP contribution >= 0.6 is 12.0 Å². The molecule has 0 radical (unpaired) electrons. The Morgan fingerprint density at radius 3 is 1.89 bits per heavy atom. The van der Waals surface area contributed by atoms with Gasteiger partial charge in [-0.25, -0.2) is 9.59 Å². The summed E-state index contributed by atoms with van der Waals surface area (Å²) in [5.41, 5.74) is 0.245. The SMILES string of the molecule is COC(=O)c1cc(SOO[O-])cc(C(=O)OC)c1.[Na+]. The summed E-state index contributed by atoms with van der Waals surface area (Å²) in [5.74, 6) is -1.27. The first-order valence-electron chi connectivity index (χ1n) is 4.57. The fraction of sp³-hybridized carbons (Fsp3) is 0.200. The Balaban J connectivity index is 0.00000324. The number of carbonyl (C=O) groups excluding carboxylic acids is 2. The molecule has 0 amide bonds. The van der Waals surface area contributed by atoms with Crippen LogP contribution in [0.1, 0.15) is 20.7 Å². The first-order valence-corrected chi connectivity index (χ1v) is 5.31. The van der Waals surface area contributed by atoms with Crippen molar-refractivity contribution in [2.24, 2.45) is 0 Å². The molecule has 0 spiro atoms. The van der Waals surface area contributed by atoms with Crippen LogP contribution < -0.4 is 34.8 Å². The van der Waals surface area contributed by atoms with Crippen molar-refractivity contribution in [3.8, 4) is 0 Å². The molecule has 0 N–H and O–H groups in total. The van der Waals surface area contributed by atoms with Gasteiger partial charge >= 0.3 is 41.5 Å². The van der Waals surface area contributed by atoms with Gasteiger partial charge in [0.1, 0.15) is 0 Å². The first kappa shape index (κ1) is 18.4. The molecule has 0 aromatic heterocycles. The number of carbonyl (C=O) groups is 2. The van der Waals surface area contributed by atoms with Crippen LogP contribution in [0.15, 0.2) is 23.1 Å². The van der Waals surface area contributed by atoms with Crippen molar-refractivity contribution in [1.82, 2.24) is 0 Å². The van der Waals surface area contributed by atoms with E-state index in [1.807, 2.05) is 0 Å². The average molecular weight is 296 g/mol. The summed E-state index contributed by atoms with van der Waals surface area (Å²) >= 11 is 0.554. The minimum atomic E-state index is -0.634. The maximum atomic E-state index is 11.4. The van der Waals surface area contributed by atoms with Crippen LogP contribution in [-0.4, -0.2) is 26.2 Å². The van der Waals surface area contributed by atoms with Crippen LogP contribution in [0.2, 0.25) is 0 Å². The van der Waals surface area contributed by atoms with Crippen molar-refractivity contribution in [3.05, 3.63) is 29.3 Å². The smallest absolute Gasteiger partial charge is 0.691 e. The molecule has 0 heterocycles. The fourth-order valence-corrected chi connectivity index (χ4v) is 1.63. The van der Waals surface area contributed by atoms with Crippen LogP contribution in [-0.2, 0) is 18.8 Å². The number of hydrogen-bond donors (Lipinski definition) is 0. The summed E-state index contributed by atoms with van der Waals surface area (Å²) < 4.78 is 13.2. The van der Waals surface area contributed by atoms with E-state index in [0.29, 0.717) is 16.9 Å². The Morgan fingerprint density at radius 2 is 1.53 bits per heavy atom. The number of benzene rings is 1. The molecule has 0 atom stereocenters. The molecule has 1 rings (SSSR count). The topological polar surface area (TPSA) is 94.1 Å². The van der Waals surface area contributed by atoms with E-state index in [-0.39, 0.29) is 40.7 Å². The largest absolute Gasteiger partial charge is 1.00 e. The fourth-order valence-electron chi connectivity index (χ4n) is 1.17. The number of ether oxygens (including phenoxy) is 2. The van der Waals surface area contributed by atoms with Gasteiger partial charge in [0.15, 0.2) is 0 Å². The van der Waals surface area contributed by atoms with Crippen molar-refractivity contribution in [1.29, 1.82) is 0 Å². The molecule has 0 fully saturated rings. The third-order valence-electron chi connectivity index (χ3n) is 1.91. The van der Waals surface area contributed by atoms with Crippen molar-refractivity contribution in [2.45, 2.75) is 4.90 Å². The van der Waals surface area contributed by atoms with E-state index in [4.69, 9.17) is 0 Å². The third-order valence-corrected chi connectivity index (χ3v) is 2.46. The zero-order chi connectivity index (χ0) is 13.5. The quantitative estimate of drug-likeness (QED) is 0.193. The molecule has 19 heavy (non-hydrogen) atoms. The Labute approximate surface area is 135 Å². The van der Waals surface area contributed by atoms with Gasteiger partial charge in [-0.3, -0.25) is 5.04 Å². The molecule has 98 valence electrons. The van der Waals surface area contributed by atoms with E-state index in [0.717, 1.165) is 0 Å². The van der Waals surface area contributed by atoms with Gasteiger partial charge in [0, 0.05) is 4.90 Å². The van der Waals surface area contributed by atoms with E-state index >= 15 is 0 Å². The number of rotatable bonds is 5. The molecule has 0 unspecified atom stereocenters. The zero-order valence-corrected chi connectivity index (χ0v) is 13.3. The maximum absolute atomic E-state index is 11.4. The number of hydrogen-bond acceptors (Lipinski definition) is 8. The minimum Gasteiger partial charge on any atom is -0.691 e. The summed E-state index contributed by atoms with van der Waals surface area (Å²) in [4.78, 5) is 23.1. The predicted molar refractivity (Wildman–Crippen MR) is 57.1 cm³/mol. The van der Waals surface area contributed by atoms with Gasteiger partial charge in [-0.1, -0.05) is 0 Å². The van der Waals surface area contributed by atoms with Gasteiger partial charge in [0.2, 0.25) is 0 Å². The molecule has 1 aromatic rings. The molecule has 7 nitrogen and oxygen atoms in total. The predicted octanol–water partition coefficient (Wildman–Crippen LogP) is -2.51. The molecular formula is C10H9NaO7S. The molecule has 0 saturated carbocycles. The van der Waals surface area contributed by atoms with Gasteiger partial charge < -0.3 is 14.7 Å². The Kier molecular flexibility index (Phi) is 9.02. The summed E-state index contributed by atoms with van der Waals surface area (Å²) in [6.07, 6.45) is 0. The Bertz CT molecular complexity index is 417. The Hall–Kier alpha value is -0.610. The molecule has 1 aromatic carbocycles. The van der Waals surface area contributed by atoms with Crippen molar-refractivity contribution >= 4 is 24.0 Å². The molecule has 0 saturated heterocycles. The van der Waals surface area contributed by atoms with Gasteiger partial charge in [-0.05, 0) is 18.2 Å². The summed E-state index contributed by atoms with van der Waals surface area (Å²) in [6, 6.07) is 4.06. The van der Waals surface area contributed by atoms with Crippen LogP contribution in [0.5, 0.6) is 0 Å². The van der Waals surface area contributed by atoms with Gasteiger partial charge in [-0.2, -0.15) is 4.33 Å². The van der Waals surface area contributed by atoms with E-state index < -0.39 is 11.9 Å². The minimum absolute atomic E-state index is 0. The summed E-state index contributed by atoms with van der Waals surface area (Å²) in [7, 11) is 2.41. The molecule has 0 aliphatic carbocycles. The summed E-state index contributed by atoms with van der Waals surface area (Å²) in [5, 5.41) is 12.9. The van der Waals surface area contributed by atoms with Gasteiger partial charge in [0.05, 0.1) is 37.4 Å². The number of methoxy groups -OCH3 is 2. The van der Waals surface area contributed by atoms with E-state index in [1.54, 1.807) is 0 Å². The van der Waals surface area contributed by atoms with E-state index in [9.17, 15) is 14.8 Å². The van der Waals surface area contributed by atoms with Crippen LogP contribution in [0.3, 0.4) is 0 Å². The van der Waals surface area contributed by atoms with E-state index in [2.05, 4.69) is 18.8 Å². The van der Waals surface area contributed by atoms with Crippen molar-refractivity contribution in [2.75, 3.05) is 14.2 Å². The normalized spacial score (nSPS) is 9.42. The number of esters is 2. The second-order valence-corrected chi connectivity index (χ2v) is 3.72. The molecule has 0 bridgehead atoms. The molecule has 0 aliphatic rings. The van der Waals surface area contributed by atoms with Crippen LogP contribution in [0.25, 0.3) is 0 Å². The summed E-state index contributed by atoms with van der Waals surface area (Å²) in [6.45, 7) is 0. The van der Waals surface area contributed by atoms with Gasteiger partial charge in [0.25, 0.3) is 0 Å². The van der Waals surface area contributed by atoms with E-state index in [1.165, 1.54) is 32.4 Å². The monoisotopic (exact) mass is 296 g/mol. The zero-order valence-electron chi connectivity index (χ0n) is 10.5. The maximum Gasteiger partial charge on any atom is 1.00 e.